The van der Waals surface area contributed by atoms with E-state index in [2.05, 4.69) is 25.9 Å². The summed E-state index contributed by atoms with van der Waals surface area (Å²) in [5.74, 6) is -0.461. The number of rotatable bonds is 9. The van der Waals surface area contributed by atoms with Crippen LogP contribution >= 0.6 is 0 Å². The number of anilines is 1. The first-order valence-electron chi connectivity index (χ1n) is 14.6. The van der Waals surface area contributed by atoms with Crippen LogP contribution in [0.2, 0.25) is 0 Å². The number of hydrogen-bond acceptors (Lipinski definition) is 8. The van der Waals surface area contributed by atoms with Gasteiger partial charge in [0.15, 0.2) is 0 Å². The number of fused-ring (bicyclic) bond motifs is 1. The Morgan fingerprint density at radius 2 is 2.07 bits per heavy atom. The van der Waals surface area contributed by atoms with Crippen LogP contribution in [0, 0.1) is 0 Å². The van der Waals surface area contributed by atoms with Crippen molar-refractivity contribution in [3.63, 3.8) is 0 Å². The summed E-state index contributed by atoms with van der Waals surface area (Å²) < 4.78 is 69.5. The van der Waals surface area contributed by atoms with Crippen molar-refractivity contribution in [3.05, 3.63) is 48.1 Å². The lowest BCUT2D eigenvalue weighted by Gasteiger charge is -2.33. The molecule has 2 fully saturated rings. The zero-order chi connectivity index (χ0) is 31.0. The van der Waals surface area contributed by atoms with E-state index in [9.17, 15) is 22.4 Å². The number of halogens is 4. The maximum Gasteiger partial charge on any atom is 0.406 e. The highest BCUT2D eigenvalue weighted by Crippen LogP contribution is 2.35. The fraction of sp³-hybridized carbons (Fsp3) is 0.517. The van der Waals surface area contributed by atoms with Gasteiger partial charge >= 0.3 is 6.18 Å². The van der Waals surface area contributed by atoms with E-state index in [1.807, 2.05) is 11.9 Å². The molecule has 4 atom stereocenters. The minimum absolute atomic E-state index is 0.0183. The fourth-order valence-corrected chi connectivity index (χ4v) is 6.17. The van der Waals surface area contributed by atoms with E-state index < -0.39 is 30.8 Å². The monoisotopic (exact) mass is 618 g/mol. The van der Waals surface area contributed by atoms with Gasteiger partial charge in [0.2, 0.25) is 11.7 Å². The largest absolute Gasteiger partial charge is 0.406 e. The Balaban J connectivity index is 1.21. The third-order valence-corrected chi connectivity index (χ3v) is 8.39. The van der Waals surface area contributed by atoms with Crippen molar-refractivity contribution in [1.29, 1.82) is 0 Å². The number of amides is 1. The fourth-order valence-electron chi connectivity index (χ4n) is 6.17. The maximum absolute atomic E-state index is 14.8. The number of alkyl halides is 4. The molecule has 0 radical (unpaired) electrons. The molecule has 2 aliphatic rings. The van der Waals surface area contributed by atoms with Crippen molar-refractivity contribution in [2.24, 2.45) is 0 Å². The summed E-state index contributed by atoms with van der Waals surface area (Å²) >= 11 is 0. The van der Waals surface area contributed by atoms with Gasteiger partial charge in [-0.1, -0.05) is 11.2 Å². The molecule has 1 saturated carbocycles. The number of piperidine rings is 1. The zero-order valence-electron chi connectivity index (χ0n) is 24.4. The number of carbonyl (C=O) groups excluding carboxylic acids is 1. The molecule has 3 aromatic heterocycles. The normalized spacial score (nSPS) is 23.0. The topological polar surface area (TPSA) is 115 Å². The van der Waals surface area contributed by atoms with Gasteiger partial charge in [0, 0.05) is 37.5 Å². The Morgan fingerprint density at radius 1 is 1.23 bits per heavy atom. The first-order chi connectivity index (χ1) is 21.1. The van der Waals surface area contributed by atoms with Gasteiger partial charge in [0.1, 0.15) is 12.7 Å². The van der Waals surface area contributed by atoms with E-state index in [1.54, 1.807) is 42.3 Å². The molecule has 4 aromatic rings. The summed E-state index contributed by atoms with van der Waals surface area (Å²) in [4.78, 5) is 19.0. The Labute approximate surface area is 250 Å². The SMILES string of the molecule is CO[C@@H]1CCC[C@H]1n1cc(C(=O)NCc2nc(-c3cc4c(N[C@@H]5CCN(C)C[C@@H]5F)cccc4n3CC(F)(F)F)no2)cn1. The predicted octanol–water partition coefficient (Wildman–Crippen LogP) is 4.57. The van der Waals surface area contributed by atoms with Gasteiger partial charge < -0.3 is 29.4 Å². The molecule has 0 bridgehead atoms. The Hall–Kier alpha value is -3.98. The van der Waals surface area contributed by atoms with Crippen LogP contribution in [-0.4, -0.2) is 87.0 Å². The second-order valence-electron chi connectivity index (χ2n) is 11.5. The van der Waals surface area contributed by atoms with Crippen LogP contribution in [0.4, 0.5) is 23.2 Å². The number of methoxy groups -OCH3 is 1. The van der Waals surface area contributed by atoms with Crippen molar-refractivity contribution in [2.75, 3.05) is 32.6 Å². The van der Waals surface area contributed by atoms with Crippen LogP contribution in [0.1, 0.15) is 48.0 Å². The quantitative estimate of drug-likeness (QED) is 0.262. The Kier molecular flexibility index (Phi) is 8.33. The predicted molar refractivity (Wildman–Crippen MR) is 153 cm³/mol. The average Bonchev–Trinajstić information content (AvgIpc) is 3.78. The number of hydrogen-bond donors (Lipinski definition) is 2. The Morgan fingerprint density at radius 3 is 2.84 bits per heavy atom. The number of aromatic nitrogens is 5. The number of benzene rings is 1. The van der Waals surface area contributed by atoms with Gasteiger partial charge in [-0.3, -0.25) is 9.48 Å². The van der Waals surface area contributed by atoms with Crippen LogP contribution < -0.4 is 10.6 Å². The van der Waals surface area contributed by atoms with Crippen molar-refractivity contribution in [3.8, 4) is 11.5 Å². The van der Waals surface area contributed by atoms with Crippen molar-refractivity contribution < 1.29 is 31.6 Å². The van der Waals surface area contributed by atoms with E-state index in [0.29, 0.717) is 35.1 Å². The highest BCUT2D eigenvalue weighted by molar-refractivity contribution is 5.96. The van der Waals surface area contributed by atoms with Gasteiger partial charge in [0.25, 0.3) is 5.91 Å². The van der Waals surface area contributed by atoms with E-state index in [0.717, 1.165) is 23.8 Å². The number of carbonyl (C=O) groups is 1. The molecule has 2 N–H and O–H groups in total. The molecule has 15 heteroatoms. The second kappa shape index (κ2) is 12.2. The summed E-state index contributed by atoms with van der Waals surface area (Å²) in [6.45, 7) is -0.451. The summed E-state index contributed by atoms with van der Waals surface area (Å²) in [5.41, 5.74) is 1.24. The number of nitrogens with zero attached hydrogens (tertiary/aromatic N) is 6. The van der Waals surface area contributed by atoms with Gasteiger partial charge in [-0.2, -0.15) is 23.3 Å². The van der Waals surface area contributed by atoms with Gasteiger partial charge in [0.05, 0.1) is 47.7 Å². The van der Waals surface area contributed by atoms with Crippen LogP contribution in [0.25, 0.3) is 22.4 Å². The minimum atomic E-state index is -4.53. The highest BCUT2D eigenvalue weighted by atomic mass is 19.4. The Bertz CT molecular complexity index is 1620. The lowest BCUT2D eigenvalue weighted by atomic mass is 10.0. The molecule has 44 heavy (non-hydrogen) atoms. The van der Waals surface area contributed by atoms with E-state index in [1.165, 1.54) is 6.20 Å². The lowest BCUT2D eigenvalue weighted by Crippen LogP contribution is -2.46. The van der Waals surface area contributed by atoms with E-state index in [-0.39, 0.29) is 42.6 Å². The van der Waals surface area contributed by atoms with Crippen molar-refractivity contribution in [1.82, 2.24) is 34.7 Å². The van der Waals surface area contributed by atoms with Crippen LogP contribution in [0.15, 0.2) is 41.2 Å². The van der Waals surface area contributed by atoms with Crippen LogP contribution in [-0.2, 0) is 17.8 Å². The molecule has 6 rings (SSSR count). The molecule has 1 amide bonds. The minimum Gasteiger partial charge on any atom is -0.379 e. The summed E-state index contributed by atoms with van der Waals surface area (Å²) in [7, 11) is 3.51. The maximum atomic E-state index is 14.8. The molecule has 0 unspecified atom stereocenters. The zero-order valence-corrected chi connectivity index (χ0v) is 24.4. The molecule has 236 valence electrons. The van der Waals surface area contributed by atoms with Crippen LogP contribution in [0.5, 0.6) is 0 Å². The van der Waals surface area contributed by atoms with E-state index >= 15 is 0 Å². The van der Waals surface area contributed by atoms with Gasteiger partial charge in [-0.25, -0.2) is 4.39 Å². The number of ether oxygens (including phenoxy) is 1. The summed E-state index contributed by atoms with van der Waals surface area (Å²) in [5, 5.41) is 14.6. The van der Waals surface area contributed by atoms with Crippen LogP contribution in [0.3, 0.4) is 0 Å². The molecular formula is C29H34F4N8O3. The smallest absolute Gasteiger partial charge is 0.379 e. The average molecular weight is 619 g/mol. The standard InChI is InChI=1S/C29H34F4N8O3/c1-39-10-9-21(19(30)15-39)36-20-5-3-6-22-18(20)11-24(40(22)16-29(31,32)33)27-37-26(44-38-27)13-34-28(42)17-12-35-41(14-17)23-7-4-8-25(23)43-2/h3,5-6,11-12,14,19,21,23,25,36H,4,7-10,13,15-16H2,1-2H3,(H,34,42)/t19-,21+,23+,25+/m0/s1. The summed E-state index contributed by atoms with van der Waals surface area (Å²) in [6, 6.07) is 6.05. The molecule has 1 aliphatic heterocycles. The molecule has 1 aromatic carbocycles. The lowest BCUT2D eigenvalue weighted by molar-refractivity contribution is -0.139. The molecule has 11 nitrogen and oxygen atoms in total. The number of likely N-dealkylation sites (tertiary alicyclic amines) is 1. The summed E-state index contributed by atoms with van der Waals surface area (Å²) in [6.07, 6.45) is 0.911. The van der Waals surface area contributed by atoms with Gasteiger partial charge in [-0.05, 0) is 50.9 Å². The number of nitrogens with one attached hydrogen (secondary N) is 2. The van der Waals surface area contributed by atoms with Crippen molar-refractivity contribution in [2.45, 2.75) is 69.3 Å². The molecule has 4 heterocycles. The van der Waals surface area contributed by atoms with Crippen molar-refractivity contribution >= 4 is 22.5 Å². The molecule has 0 spiro atoms. The third kappa shape index (κ3) is 6.29. The molecule has 1 aliphatic carbocycles. The first kappa shape index (κ1) is 30.1. The third-order valence-electron chi connectivity index (χ3n) is 8.39. The molecular weight excluding hydrogens is 584 g/mol. The second-order valence-corrected chi connectivity index (χ2v) is 11.5. The van der Waals surface area contributed by atoms with E-state index in [4.69, 9.17) is 9.26 Å². The highest BCUT2D eigenvalue weighted by Gasteiger charge is 2.33. The van der Waals surface area contributed by atoms with Gasteiger partial charge in [-0.15, -0.1) is 0 Å². The molecule has 1 saturated heterocycles. The first-order valence-corrected chi connectivity index (χ1v) is 14.6.